The molecule has 3 N–H and O–H groups in total. The number of fused-ring (bicyclic) bond motifs is 1. The summed E-state index contributed by atoms with van der Waals surface area (Å²) in [6.07, 6.45) is 2.15. The number of aromatic nitrogens is 2. The first kappa shape index (κ1) is 27.9. The molecule has 2 aliphatic rings. The first-order valence-corrected chi connectivity index (χ1v) is 12.5. The number of nitrogens with one attached hydrogen (secondary N) is 2. The highest BCUT2D eigenvalue weighted by Crippen LogP contribution is 2.27. The van der Waals surface area contributed by atoms with E-state index in [2.05, 4.69) is 64.4 Å². The van der Waals surface area contributed by atoms with Crippen LogP contribution in [0, 0.1) is 0 Å². The Morgan fingerprint density at radius 1 is 1.13 bits per heavy atom. The van der Waals surface area contributed by atoms with Crippen molar-refractivity contribution in [2.24, 2.45) is 0 Å². The molecule has 2 atom stereocenters. The predicted molar refractivity (Wildman–Crippen MR) is 141 cm³/mol. The molecule has 1 aromatic carbocycles. The van der Waals surface area contributed by atoms with Gasteiger partial charge >= 0.3 is 12.1 Å². The quantitative estimate of drug-likeness (QED) is 0.438. The number of aliphatic carboxylic acids is 1. The summed E-state index contributed by atoms with van der Waals surface area (Å²) in [4.78, 5) is 31.3. The molecule has 1 amide bonds. The summed E-state index contributed by atoms with van der Waals surface area (Å²) in [5, 5.41) is 10.0. The van der Waals surface area contributed by atoms with Crippen LogP contribution in [-0.2, 0) is 16.0 Å². The van der Waals surface area contributed by atoms with Crippen molar-refractivity contribution in [3.05, 3.63) is 71.2 Å². The van der Waals surface area contributed by atoms with Gasteiger partial charge in [0.2, 0.25) is 0 Å². The molecule has 3 aromatic rings. The highest BCUT2D eigenvalue weighted by Gasteiger charge is 2.38. The molecule has 1 saturated heterocycles. The number of benzene rings is 1. The zero-order chi connectivity index (χ0) is 28.2. The van der Waals surface area contributed by atoms with Gasteiger partial charge in [-0.3, -0.25) is 9.78 Å². The van der Waals surface area contributed by atoms with Crippen LogP contribution in [0.2, 0.25) is 0 Å². The number of hydrogen-bond acceptors (Lipinski definition) is 5. The Kier molecular flexibility index (Phi) is 8.39. The number of ether oxygens (including phenoxy) is 1. The van der Waals surface area contributed by atoms with Crippen molar-refractivity contribution in [1.29, 1.82) is 0 Å². The maximum Gasteiger partial charge on any atom is 0.490 e. The van der Waals surface area contributed by atoms with Crippen molar-refractivity contribution < 1.29 is 32.6 Å². The molecule has 206 valence electrons. The van der Waals surface area contributed by atoms with Gasteiger partial charge in [-0.2, -0.15) is 13.2 Å². The zero-order valence-electron chi connectivity index (χ0n) is 21.5. The van der Waals surface area contributed by atoms with Crippen LogP contribution in [0.1, 0.15) is 41.2 Å². The topological polar surface area (TPSA) is 108 Å². The standard InChI is InChI=1S/C26H28N4O2.C2HF3O2/c1-17-15-30(16-18(2)32-17)25-6-4-3-5-19(25)7-8-21-13-20(9-11-27-21)24-14-22-23(29-24)10-12-28-26(22)31;3-2(4,5)1(6)7/h3-9,11,13-14,17-18,29H,10,12,15-16H2,1-2H3,(H,28,31);(H,6,7)/b8-7+;/t17-,18+;. The predicted octanol–water partition coefficient (Wildman–Crippen LogP) is 4.78. The SMILES string of the molecule is C[C@@H]1CN(c2ccccc2/C=C/c2cc(-c3cc4c([nH]3)CCNC4=O)ccn2)C[C@H](C)O1.O=C(O)C(F)(F)F. The first-order chi connectivity index (χ1) is 18.5. The molecule has 2 aromatic heterocycles. The molecule has 4 heterocycles. The van der Waals surface area contributed by atoms with E-state index in [0.29, 0.717) is 6.54 Å². The van der Waals surface area contributed by atoms with E-state index >= 15 is 0 Å². The number of carboxylic acid groups (broad SMARTS) is 1. The number of morpholine rings is 1. The summed E-state index contributed by atoms with van der Waals surface area (Å²) in [5.74, 6) is -2.77. The Morgan fingerprint density at radius 3 is 2.49 bits per heavy atom. The summed E-state index contributed by atoms with van der Waals surface area (Å²) in [6, 6.07) is 14.4. The number of aromatic amines is 1. The van der Waals surface area contributed by atoms with Gasteiger partial charge in [0, 0.05) is 54.9 Å². The number of nitrogens with zero attached hydrogens (tertiary/aromatic N) is 2. The molecule has 39 heavy (non-hydrogen) atoms. The Balaban J connectivity index is 0.000000448. The van der Waals surface area contributed by atoms with E-state index in [1.54, 1.807) is 0 Å². The summed E-state index contributed by atoms with van der Waals surface area (Å²) in [7, 11) is 0. The summed E-state index contributed by atoms with van der Waals surface area (Å²) < 4.78 is 37.6. The number of anilines is 1. The van der Waals surface area contributed by atoms with Crippen molar-refractivity contribution in [3.8, 4) is 11.3 Å². The normalized spacial score (nSPS) is 19.2. The number of carboxylic acids is 1. The summed E-state index contributed by atoms with van der Waals surface area (Å²) >= 11 is 0. The Hall–Kier alpha value is -4.12. The van der Waals surface area contributed by atoms with Crippen LogP contribution in [0.15, 0.2) is 48.7 Å². The maximum absolute atomic E-state index is 12.1. The lowest BCUT2D eigenvalue weighted by atomic mass is 10.1. The third-order valence-electron chi connectivity index (χ3n) is 6.27. The fourth-order valence-electron chi connectivity index (χ4n) is 4.62. The van der Waals surface area contributed by atoms with E-state index in [0.717, 1.165) is 53.3 Å². The van der Waals surface area contributed by atoms with E-state index in [-0.39, 0.29) is 18.1 Å². The van der Waals surface area contributed by atoms with Crippen LogP contribution in [-0.4, -0.2) is 65.0 Å². The molecule has 0 aliphatic carbocycles. The number of alkyl halides is 3. The minimum atomic E-state index is -5.08. The second kappa shape index (κ2) is 11.7. The molecule has 11 heteroatoms. The number of rotatable bonds is 4. The van der Waals surface area contributed by atoms with Gasteiger partial charge in [-0.05, 0) is 49.8 Å². The van der Waals surface area contributed by atoms with Crippen LogP contribution in [0.25, 0.3) is 23.4 Å². The Labute approximate surface area is 223 Å². The molecular formula is C28H29F3N4O4. The van der Waals surface area contributed by atoms with Gasteiger partial charge in [0.25, 0.3) is 5.91 Å². The Morgan fingerprint density at radius 2 is 1.82 bits per heavy atom. The molecule has 8 nitrogen and oxygen atoms in total. The van der Waals surface area contributed by atoms with Gasteiger partial charge in [0.15, 0.2) is 0 Å². The van der Waals surface area contributed by atoms with Gasteiger partial charge in [0.05, 0.1) is 23.5 Å². The Bertz CT molecular complexity index is 1360. The average Bonchev–Trinajstić information content (AvgIpc) is 3.33. The van der Waals surface area contributed by atoms with Crippen LogP contribution in [0.4, 0.5) is 18.9 Å². The van der Waals surface area contributed by atoms with Crippen molar-refractivity contribution in [3.63, 3.8) is 0 Å². The average molecular weight is 543 g/mol. The highest BCUT2D eigenvalue weighted by atomic mass is 19.4. The van der Waals surface area contributed by atoms with E-state index in [1.165, 1.54) is 5.69 Å². The van der Waals surface area contributed by atoms with Gasteiger partial charge in [-0.1, -0.05) is 24.3 Å². The molecule has 0 radical (unpaired) electrons. The van der Waals surface area contributed by atoms with Crippen molar-refractivity contribution in [1.82, 2.24) is 15.3 Å². The largest absolute Gasteiger partial charge is 0.490 e. The minimum Gasteiger partial charge on any atom is -0.475 e. The third kappa shape index (κ3) is 7.05. The van der Waals surface area contributed by atoms with Gasteiger partial charge in [-0.25, -0.2) is 4.79 Å². The number of amides is 1. The van der Waals surface area contributed by atoms with Crippen LogP contribution in [0.3, 0.4) is 0 Å². The molecular weight excluding hydrogens is 513 g/mol. The lowest BCUT2D eigenvalue weighted by molar-refractivity contribution is -0.192. The van der Waals surface area contributed by atoms with E-state index < -0.39 is 12.1 Å². The number of H-pyrrole nitrogens is 1. The van der Waals surface area contributed by atoms with E-state index in [9.17, 15) is 18.0 Å². The van der Waals surface area contributed by atoms with Crippen molar-refractivity contribution in [2.45, 2.75) is 38.7 Å². The number of hydrogen-bond donors (Lipinski definition) is 3. The molecule has 5 rings (SSSR count). The number of para-hydroxylation sites is 1. The zero-order valence-corrected chi connectivity index (χ0v) is 21.5. The van der Waals surface area contributed by atoms with Gasteiger partial charge < -0.3 is 25.0 Å². The highest BCUT2D eigenvalue weighted by molar-refractivity contribution is 5.97. The van der Waals surface area contributed by atoms with E-state index in [4.69, 9.17) is 14.6 Å². The van der Waals surface area contributed by atoms with E-state index in [1.807, 2.05) is 30.5 Å². The summed E-state index contributed by atoms with van der Waals surface area (Å²) in [6.45, 7) is 6.69. The summed E-state index contributed by atoms with van der Waals surface area (Å²) in [5.41, 5.74) is 6.95. The van der Waals surface area contributed by atoms with Crippen LogP contribution in [0.5, 0.6) is 0 Å². The van der Waals surface area contributed by atoms with Gasteiger partial charge in [-0.15, -0.1) is 0 Å². The minimum absolute atomic E-state index is 0.00807. The second-order valence-electron chi connectivity index (χ2n) is 9.41. The fourth-order valence-corrected chi connectivity index (χ4v) is 4.62. The number of halogens is 3. The van der Waals surface area contributed by atoms with Crippen molar-refractivity contribution in [2.75, 3.05) is 24.5 Å². The maximum atomic E-state index is 12.1. The molecule has 0 spiro atoms. The van der Waals surface area contributed by atoms with Crippen molar-refractivity contribution >= 4 is 29.7 Å². The molecule has 0 bridgehead atoms. The van der Waals surface area contributed by atoms with Crippen LogP contribution >= 0.6 is 0 Å². The van der Waals surface area contributed by atoms with Crippen LogP contribution < -0.4 is 10.2 Å². The smallest absolute Gasteiger partial charge is 0.475 e. The van der Waals surface area contributed by atoms with Gasteiger partial charge in [0.1, 0.15) is 0 Å². The third-order valence-corrected chi connectivity index (χ3v) is 6.27. The monoisotopic (exact) mass is 542 g/mol. The molecule has 0 unspecified atom stereocenters. The molecule has 2 aliphatic heterocycles. The number of pyridine rings is 1. The molecule has 1 fully saturated rings. The number of carbonyl (C=O) groups excluding carboxylic acids is 1. The first-order valence-electron chi connectivity index (χ1n) is 12.5. The second-order valence-corrected chi connectivity index (χ2v) is 9.41. The fraction of sp³-hybridized carbons (Fsp3) is 0.321. The lowest BCUT2D eigenvalue weighted by Gasteiger charge is -2.37. The lowest BCUT2D eigenvalue weighted by Crippen LogP contribution is -2.45. The molecule has 0 saturated carbocycles. The number of carbonyl (C=O) groups is 2.